The van der Waals surface area contributed by atoms with Crippen molar-refractivity contribution >= 4 is 12.1 Å². The lowest BCUT2D eigenvalue weighted by molar-refractivity contribution is 0.933. The molecule has 0 fully saturated rings. The highest BCUT2D eigenvalue weighted by Gasteiger charge is 1.89. The van der Waals surface area contributed by atoms with E-state index in [1.807, 2.05) is 52.8 Å². The summed E-state index contributed by atoms with van der Waals surface area (Å²) in [4.78, 5) is 0.676. The van der Waals surface area contributed by atoms with Gasteiger partial charge in [-0.15, -0.1) is 13.2 Å². The van der Waals surface area contributed by atoms with Gasteiger partial charge in [0.2, 0.25) is 0 Å². The van der Waals surface area contributed by atoms with Gasteiger partial charge in [0.15, 0.2) is 0 Å². The summed E-state index contributed by atoms with van der Waals surface area (Å²) in [6, 6.07) is 7.35. The molecule has 0 aliphatic rings. The molecular formula is C13H23FS. The van der Waals surface area contributed by atoms with E-state index in [2.05, 4.69) is 13.2 Å². The Morgan fingerprint density at radius 1 is 1.07 bits per heavy atom. The molecule has 0 aliphatic carbocycles. The van der Waals surface area contributed by atoms with Gasteiger partial charge in [0.25, 0.3) is 0 Å². The molecule has 0 amide bonds. The molecular weight excluding hydrogens is 207 g/mol. The molecule has 0 nitrogen and oxygen atoms in total. The van der Waals surface area contributed by atoms with Crippen LogP contribution in [0.5, 0.6) is 0 Å². The van der Waals surface area contributed by atoms with E-state index in [1.54, 1.807) is 6.07 Å². The minimum absolute atomic E-state index is 0.283. The van der Waals surface area contributed by atoms with Gasteiger partial charge in [-0.05, 0) is 24.6 Å². The Balaban J connectivity index is -0.000000208. The van der Waals surface area contributed by atoms with Crippen LogP contribution in [0.4, 0.5) is 3.89 Å². The lowest BCUT2D eigenvalue weighted by Gasteiger charge is -1.92. The second kappa shape index (κ2) is 18.9. The highest BCUT2D eigenvalue weighted by atomic mass is 32.2. The maximum atomic E-state index is 11.8. The molecule has 0 aliphatic heterocycles. The van der Waals surface area contributed by atoms with E-state index in [0.717, 1.165) is 5.56 Å². The Morgan fingerprint density at radius 3 is 1.80 bits per heavy atom. The van der Waals surface area contributed by atoms with Crippen LogP contribution in [0, 0.1) is 6.92 Å². The molecule has 2 heteroatoms. The van der Waals surface area contributed by atoms with Crippen molar-refractivity contribution in [2.45, 2.75) is 39.5 Å². The van der Waals surface area contributed by atoms with Crippen LogP contribution in [0.1, 0.15) is 33.3 Å². The first-order valence-electron chi connectivity index (χ1n) is 5.18. The van der Waals surface area contributed by atoms with Crippen LogP contribution in [0.3, 0.4) is 0 Å². The third kappa shape index (κ3) is 13.2. The fourth-order valence-electron chi connectivity index (χ4n) is 0.663. The summed E-state index contributed by atoms with van der Waals surface area (Å²) in [7, 11) is 0. The van der Waals surface area contributed by atoms with Gasteiger partial charge in [-0.25, -0.2) is 0 Å². The molecule has 0 saturated heterocycles. The van der Waals surface area contributed by atoms with Crippen molar-refractivity contribution in [3.8, 4) is 0 Å². The van der Waals surface area contributed by atoms with Crippen molar-refractivity contribution in [2.75, 3.05) is 0 Å². The first kappa shape index (κ1) is 19.8. The zero-order valence-electron chi connectivity index (χ0n) is 10.5. The van der Waals surface area contributed by atoms with Crippen molar-refractivity contribution in [3.05, 3.63) is 43.0 Å². The van der Waals surface area contributed by atoms with Crippen LogP contribution in [0.2, 0.25) is 0 Å². The number of halogens is 1. The molecule has 0 radical (unpaired) electrons. The summed E-state index contributed by atoms with van der Waals surface area (Å²) in [5.41, 5.74) is 1.10. The molecule has 0 atom stereocenters. The third-order valence-electron chi connectivity index (χ3n) is 1.08. The summed E-state index contributed by atoms with van der Waals surface area (Å²) >= 11 is 0.283. The van der Waals surface area contributed by atoms with E-state index in [1.165, 1.54) is 0 Å². The Morgan fingerprint density at radius 2 is 1.53 bits per heavy atom. The summed E-state index contributed by atoms with van der Waals surface area (Å²) in [5.74, 6) is 0. The zero-order chi connectivity index (χ0) is 12.7. The number of rotatable bonds is 1. The van der Waals surface area contributed by atoms with Gasteiger partial charge in [-0.1, -0.05) is 39.8 Å². The molecule has 0 spiro atoms. The lowest BCUT2D eigenvalue weighted by atomic mass is 10.2. The van der Waals surface area contributed by atoms with Gasteiger partial charge in [-0.2, -0.15) is 3.89 Å². The van der Waals surface area contributed by atoms with E-state index < -0.39 is 0 Å². The molecule has 88 valence electrons. The third-order valence-corrected chi connectivity index (χ3v) is 1.51. The smallest absolute Gasteiger partial charge is 0.0812 e. The van der Waals surface area contributed by atoms with Gasteiger partial charge >= 0.3 is 0 Å². The molecule has 0 N–H and O–H groups in total. The number of aryl methyl sites for hydroxylation is 1. The van der Waals surface area contributed by atoms with Crippen molar-refractivity contribution in [1.29, 1.82) is 0 Å². The fourth-order valence-corrected chi connectivity index (χ4v) is 1.02. The van der Waals surface area contributed by atoms with Crippen LogP contribution < -0.4 is 0 Å². The van der Waals surface area contributed by atoms with Crippen LogP contribution in [0.25, 0.3) is 0 Å². The monoisotopic (exact) mass is 230 g/mol. The van der Waals surface area contributed by atoms with Gasteiger partial charge in [0.05, 0.1) is 12.1 Å². The summed E-state index contributed by atoms with van der Waals surface area (Å²) in [5, 5.41) is 0. The zero-order valence-corrected chi connectivity index (χ0v) is 11.3. The average Bonchev–Trinajstić information content (AvgIpc) is 2.36. The van der Waals surface area contributed by atoms with E-state index in [0.29, 0.717) is 4.90 Å². The number of hydrogen-bond donors (Lipinski definition) is 0. The van der Waals surface area contributed by atoms with Crippen LogP contribution in [-0.4, -0.2) is 0 Å². The Bertz CT molecular complexity index is 211. The van der Waals surface area contributed by atoms with E-state index in [-0.39, 0.29) is 12.1 Å². The summed E-state index contributed by atoms with van der Waals surface area (Å²) in [6.45, 7) is 15.9. The Kier molecular flexibility index (Phi) is 24.9. The molecule has 1 aromatic carbocycles. The predicted molar refractivity (Wildman–Crippen MR) is 72.1 cm³/mol. The molecule has 0 unspecified atom stereocenters. The summed E-state index contributed by atoms with van der Waals surface area (Å²) < 4.78 is 11.8. The standard InChI is InChI=1S/C7H7FS.2C2H6.C2H4/c1-6-3-2-4-7(5-6)9-8;3*1-2/h2-5H,1H3;2*1-2H3;1-2H2. The van der Waals surface area contributed by atoms with Crippen LogP contribution in [0.15, 0.2) is 42.3 Å². The normalized spacial score (nSPS) is 6.80. The molecule has 0 bridgehead atoms. The quantitative estimate of drug-likeness (QED) is 0.547. The van der Waals surface area contributed by atoms with Gasteiger partial charge in [-0.3, -0.25) is 0 Å². The topological polar surface area (TPSA) is 0 Å². The van der Waals surface area contributed by atoms with Crippen LogP contribution >= 0.6 is 12.1 Å². The van der Waals surface area contributed by atoms with Crippen molar-refractivity contribution < 1.29 is 3.89 Å². The highest BCUT2D eigenvalue weighted by molar-refractivity contribution is 7.94. The Hall–Kier alpha value is -0.760. The van der Waals surface area contributed by atoms with E-state index >= 15 is 0 Å². The van der Waals surface area contributed by atoms with E-state index in [9.17, 15) is 3.89 Å². The summed E-state index contributed by atoms with van der Waals surface area (Å²) in [6.07, 6.45) is 0. The highest BCUT2D eigenvalue weighted by Crippen LogP contribution is 2.18. The second-order valence-corrected chi connectivity index (χ2v) is 2.52. The Labute approximate surface area is 98.9 Å². The minimum Gasteiger partial charge on any atom is -0.160 e. The lowest BCUT2D eigenvalue weighted by Crippen LogP contribution is -1.69. The molecule has 1 aromatic rings. The van der Waals surface area contributed by atoms with Crippen LogP contribution in [-0.2, 0) is 0 Å². The average molecular weight is 230 g/mol. The molecule has 15 heavy (non-hydrogen) atoms. The first-order chi connectivity index (χ1) is 7.33. The maximum absolute atomic E-state index is 11.8. The molecule has 0 aromatic heterocycles. The van der Waals surface area contributed by atoms with Gasteiger partial charge in [0.1, 0.15) is 0 Å². The van der Waals surface area contributed by atoms with Crippen molar-refractivity contribution in [1.82, 2.24) is 0 Å². The van der Waals surface area contributed by atoms with Crippen molar-refractivity contribution in [2.24, 2.45) is 0 Å². The molecule has 0 heterocycles. The predicted octanol–water partition coefficient (Wildman–Crippen LogP) is 5.83. The van der Waals surface area contributed by atoms with Gasteiger partial charge < -0.3 is 0 Å². The fraction of sp³-hybridized carbons (Fsp3) is 0.385. The maximum Gasteiger partial charge on any atom is 0.0812 e. The molecule has 0 saturated carbocycles. The SMILES string of the molecule is C=C.CC.CC.Cc1cccc(SF)c1. The van der Waals surface area contributed by atoms with E-state index in [4.69, 9.17) is 0 Å². The molecule has 1 rings (SSSR count). The minimum atomic E-state index is 0.283. The van der Waals surface area contributed by atoms with Gasteiger partial charge in [0, 0.05) is 4.90 Å². The van der Waals surface area contributed by atoms with Crippen molar-refractivity contribution in [3.63, 3.8) is 0 Å². The number of hydrogen-bond acceptors (Lipinski definition) is 1. The largest absolute Gasteiger partial charge is 0.160 e. The first-order valence-corrected chi connectivity index (χ1v) is 5.90. The number of benzene rings is 1. The second-order valence-electron chi connectivity index (χ2n) is 1.89.